The van der Waals surface area contributed by atoms with Gasteiger partial charge >= 0.3 is 5.95 Å². The SMILES string of the molecule is C=Cc1ccc(COc2cccc3nc(-c4c(C(C)(C)C)noc4OCOCc4ccccc4)ccc23)cc1. The van der Waals surface area contributed by atoms with Crippen LogP contribution in [-0.4, -0.2) is 16.9 Å². The van der Waals surface area contributed by atoms with Crippen molar-refractivity contribution >= 4 is 17.0 Å². The van der Waals surface area contributed by atoms with Crippen molar-refractivity contribution in [2.75, 3.05) is 6.79 Å². The van der Waals surface area contributed by atoms with Gasteiger partial charge < -0.3 is 18.7 Å². The molecule has 0 aliphatic rings. The summed E-state index contributed by atoms with van der Waals surface area (Å²) in [7, 11) is 0. The van der Waals surface area contributed by atoms with Crippen molar-refractivity contribution in [2.24, 2.45) is 0 Å². The third-order valence-electron chi connectivity index (χ3n) is 6.31. The van der Waals surface area contributed by atoms with E-state index in [9.17, 15) is 0 Å². The van der Waals surface area contributed by atoms with Crippen molar-refractivity contribution in [2.45, 2.75) is 39.4 Å². The van der Waals surface area contributed by atoms with E-state index in [2.05, 4.69) is 32.5 Å². The highest BCUT2D eigenvalue weighted by atomic mass is 16.7. The van der Waals surface area contributed by atoms with Gasteiger partial charge in [-0.1, -0.05) is 99.2 Å². The molecule has 0 N–H and O–H groups in total. The van der Waals surface area contributed by atoms with Gasteiger partial charge in [0.25, 0.3) is 0 Å². The molecule has 0 saturated heterocycles. The molecule has 0 aliphatic carbocycles. The minimum Gasteiger partial charge on any atom is -0.488 e. The molecule has 0 fully saturated rings. The molecule has 198 valence electrons. The van der Waals surface area contributed by atoms with Crippen molar-refractivity contribution in [3.8, 4) is 23.0 Å². The topological polar surface area (TPSA) is 66.6 Å². The number of ether oxygens (including phenoxy) is 3. The summed E-state index contributed by atoms with van der Waals surface area (Å²) in [6.45, 7) is 11.0. The molecule has 3 aromatic carbocycles. The predicted molar refractivity (Wildman–Crippen MR) is 154 cm³/mol. The zero-order valence-corrected chi connectivity index (χ0v) is 22.5. The number of aromatic nitrogens is 2. The largest absolute Gasteiger partial charge is 0.488 e. The van der Waals surface area contributed by atoms with Crippen molar-refractivity contribution in [3.63, 3.8) is 0 Å². The van der Waals surface area contributed by atoms with Gasteiger partial charge in [-0.05, 0) is 41.0 Å². The van der Waals surface area contributed by atoms with Gasteiger partial charge in [-0.15, -0.1) is 0 Å². The van der Waals surface area contributed by atoms with Gasteiger partial charge in [0.2, 0.25) is 0 Å². The molecule has 5 rings (SSSR count). The Kier molecular flexibility index (Phi) is 7.75. The highest BCUT2D eigenvalue weighted by Gasteiger charge is 2.29. The quantitative estimate of drug-likeness (QED) is 0.137. The lowest BCUT2D eigenvalue weighted by molar-refractivity contribution is -0.00988. The van der Waals surface area contributed by atoms with Crippen LogP contribution in [0.1, 0.15) is 43.2 Å². The van der Waals surface area contributed by atoms with Gasteiger partial charge in [-0.2, -0.15) is 0 Å². The van der Waals surface area contributed by atoms with Crippen LogP contribution in [0.4, 0.5) is 0 Å². The minimum absolute atomic E-state index is 0.0278. The van der Waals surface area contributed by atoms with Gasteiger partial charge in [0, 0.05) is 10.8 Å². The van der Waals surface area contributed by atoms with Crippen LogP contribution in [0.25, 0.3) is 28.2 Å². The predicted octanol–water partition coefficient (Wildman–Crippen LogP) is 7.96. The summed E-state index contributed by atoms with van der Waals surface area (Å²) < 4.78 is 23.4. The monoisotopic (exact) mass is 520 g/mol. The van der Waals surface area contributed by atoms with E-state index in [0.717, 1.165) is 44.6 Å². The second-order valence-corrected chi connectivity index (χ2v) is 10.3. The van der Waals surface area contributed by atoms with Crippen LogP contribution in [0.3, 0.4) is 0 Å². The molecule has 0 aliphatic heterocycles. The van der Waals surface area contributed by atoms with Crippen LogP contribution in [0, 0.1) is 0 Å². The first-order valence-corrected chi connectivity index (χ1v) is 12.9. The molecular formula is C33H32N2O4. The second-order valence-electron chi connectivity index (χ2n) is 10.3. The maximum absolute atomic E-state index is 6.18. The summed E-state index contributed by atoms with van der Waals surface area (Å²) in [6.07, 6.45) is 1.83. The van der Waals surface area contributed by atoms with Crippen molar-refractivity contribution in [1.82, 2.24) is 10.1 Å². The normalized spacial score (nSPS) is 11.5. The van der Waals surface area contributed by atoms with E-state index in [4.69, 9.17) is 23.7 Å². The van der Waals surface area contributed by atoms with Crippen LogP contribution in [0.15, 0.2) is 96.0 Å². The van der Waals surface area contributed by atoms with E-state index in [0.29, 0.717) is 18.9 Å². The first-order valence-electron chi connectivity index (χ1n) is 12.9. The number of fused-ring (bicyclic) bond motifs is 1. The fourth-order valence-electron chi connectivity index (χ4n) is 4.24. The average Bonchev–Trinajstić information content (AvgIpc) is 3.39. The van der Waals surface area contributed by atoms with Gasteiger partial charge in [-0.3, -0.25) is 0 Å². The van der Waals surface area contributed by atoms with Crippen LogP contribution in [-0.2, 0) is 23.4 Å². The lowest BCUT2D eigenvalue weighted by Gasteiger charge is -2.17. The number of nitrogens with zero attached hydrogens (tertiary/aromatic N) is 2. The summed E-state index contributed by atoms with van der Waals surface area (Å²) in [5.74, 6) is 1.06. The van der Waals surface area contributed by atoms with Crippen molar-refractivity contribution in [1.29, 1.82) is 0 Å². The lowest BCUT2D eigenvalue weighted by atomic mass is 9.88. The zero-order valence-electron chi connectivity index (χ0n) is 22.5. The Morgan fingerprint density at radius 3 is 2.33 bits per heavy atom. The molecule has 0 unspecified atom stereocenters. The van der Waals surface area contributed by atoms with Gasteiger partial charge in [-0.25, -0.2) is 4.98 Å². The molecule has 6 nitrogen and oxygen atoms in total. The van der Waals surface area contributed by atoms with Crippen LogP contribution < -0.4 is 9.47 Å². The summed E-state index contributed by atoms with van der Waals surface area (Å²) in [6, 6.07) is 27.9. The van der Waals surface area contributed by atoms with E-state index in [1.807, 2.05) is 91.0 Å². The fraction of sp³-hybridized carbons (Fsp3) is 0.212. The average molecular weight is 521 g/mol. The maximum atomic E-state index is 6.18. The Labute approximate surface area is 228 Å². The molecule has 2 aromatic heterocycles. The van der Waals surface area contributed by atoms with Crippen LogP contribution in [0.2, 0.25) is 0 Å². The maximum Gasteiger partial charge on any atom is 0.323 e. The third-order valence-corrected chi connectivity index (χ3v) is 6.31. The Morgan fingerprint density at radius 1 is 0.821 bits per heavy atom. The third kappa shape index (κ3) is 6.19. The fourth-order valence-corrected chi connectivity index (χ4v) is 4.24. The summed E-state index contributed by atoms with van der Waals surface area (Å²) in [4.78, 5) is 4.95. The van der Waals surface area contributed by atoms with E-state index in [1.54, 1.807) is 0 Å². The van der Waals surface area contributed by atoms with E-state index in [1.165, 1.54) is 0 Å². The number of benzene rings is 3. The second kappa shape index (κ2) is 11.5. The molecule has 0 atom stereocenters. The van der Waals surface area contributed by atoms with Gasteiger partial charge in [0.15, 0.2) is 6.79 Å². The van der Waals surface area contributed by atoms with E-state index < -0.39 is 0 Å². The molecule has 0 amide bonds. The van der Waals surface area contributed by atoms with Gasteiger partial charge in [0.1, 0.15) is 23.6 Å². The number of hydrogen-bond acceptors (Lipinski definition) is 6. The Hall–Kier alpha value is -4.42. The molecule has 5 aromatic rings. The van der Waals surface area contributed by atoms with Crippen LogP contribution in [0.5, 0.6) is 11.7 Å². The first kappa shape index (κ1) is 26.2. The van der Waals surface area contributed by atoms with Crippen LogP contribution >= 0.6 is 0 Å². The Balaban J connectivity index is 1.38. The molecule has 0 spiro atoms. The highest BCUT2D eigenvalue weighted by Crippen LogP contribution is 2.40. The summed E-state index contributed by atoms with van der Waals surface area (Å²) >= 11 is 0. The zero-order chi connectivity index (χ0) is 27.2. The summed E-state index contributed by atoms with van der Waals surface area (Å²) in [5, 5.41) is 5.27. The van der Waals surface area contributed by atoms with Crippen molar-refractivity contribution < 1.29 is 18.7 Å². The molecule has 0 radical (unpaired) electrons. The molecule has 39 heavy (non-hydrogen) atoms. The molecule has 0 saturated carbocycles. The minimum atomic E-state index is -0.284. The molecule has 2 heterocycles. The molecular weight excluding hydrogens is 488 g/mol. The number of rotatable bonds is 10. The lowest BCUT2D eigenvalue weighted by Crippen LogP contribution is -2.13. The Bertz CT molecular complexity index is 1550. The van der Waals surface area contributed by atoms with E-state index >= 15 is 0 Å². The Morgan fingerprint density at radius 2 is 1.59 bits per heavy atom. The van der Waals surface area contributed by atoms with Crippen molar-refractivity contribution in [3.05, 3.63) is 114 Å². The first-order chi connectivity index (χ1) is 18.9. The molecule has 0 bridgehead atoms. The molecule has 6 heteroatoms. The smallest absolute Gasteiger partial charge is 0.323 e. The highest BCUT2D eigenvalue weighted by molar-refractivity contribution is 5.87. The number of pyridine rings is 1. The number of hydrogen-bond donors (Lipinski definition) is 0. The summed E-state index contributed by atoms with van der Waals surface area (Å²) in [5.41, 5.74) is 5.95. The van der Waals surface area contributed by atoms with E-state index in [-0.39, 0.29) is 18.2 Å². The standard InChI is InChI=1S/C33H32N2O4/c1-5-23-14-16-25(17-15-23)21-37-29-13-9-12-27-26(29)18-19-28(34-27)30-31(33(2,3)4)35-39-32(30)38-22-36-20-24-10-7-6-8-11-24/h5-19H,1,20-22H2,2-4H3. The van der Waals surface area contributed by atoms with Gasteiger partial charge in [0.05, 0.1) is 17.8 Å².